The number of hydrogen-bond acceptors (Lipinski definition) is 7. The minimum Gasteiger partial charge on any atom is -0.486 e. The summed E-state index contributed by atoms with van der Waals surface area (Å²) in [4.78, 5) is 31.0. The van der Waals surface area contributed by atoms with Gasteiger partial charge in [-0.25, -0.2) is 9.37 Å². The molecule has 0 saturated carbocycles. The van der Waals surface area contributed by atoms with E-state index in [1.807, 2.05) is 12.1 Å². The van der Waals surface area contributed by atoms with Crippen molar-refractivity contribution in [2.45, 2.75) is 32.5 Å². The number of rotatable bonds is 10. The largest absolute Gasteiger partial charge is 0.486 e. The van der Waals surface area contributed by atoms with Gasteiger partial charge in [-0.2, -0.15) is 5.26 Å². The van der Waals surface area contributed by atoms with Crippen LogP contribution in [0.15, 0.2) is 60.0 Å². The van der Waals surface area contributed by atoms with E-state index in [0.717, 1.165) is 0 Å². The third kappa shape index (κ3) is 7.12. The second-order valence-corrected chi connectivity index (χ2v) is 7.96. The fraction of sp³-hybridized carbons (Fsp3) is 0.250. The standard InChI is InChI=1S/C24H22FN3O4S/c1-17(24(30)28(13-5-12-26)20-6-3-2-4-7-20)32-23(29)14-19-16-33-22(27-19)15-31-21-10-8-18(25)9-11-21/h2-4,6-11,16-17H,5,13-15H2,1H3. The number of halogens is 1. The summed E-state index contributed by atoms with van der Waals surface area (Å²) in [6, 6.07) is 16.6. The predicted molar refractivity (Wildman–Crippen MR) is 121 cm³/mol. The number of amides is 1. The fourth-order valence-corrected chi connectivity index (χ4v) is 3.67. The third-order valence-electron chi connectivity index (χ3n) is 4.54. The van der Waals surface area contributed by atoms with Gasteiger partial charge in [-0.3, -0.25) is 9.59 Å². The molecule has 0 aliphatic rings. The average Bonchev–Trinajstić information content (AvgIpc) is 3.26. The van der Waals surface area contributed by atoms with E-state index in [1.165, 1.54) is 47.4 Å². The summed E-state index contributed by atoms with van der Waals surface area (Å²) >= 11 is 1.33. The molecule has 0 saturated heterocycles. The molecule has 0 radical (unpaired) electrons. The van der Waals surface area contributed by atoms with Crippen molar-refractivity contribution < 1.29 is 23.5 Å². The van der Waals surface area contributed by atoms with Crippen LogP contribution in [0.2, 0.25) is 0 Å². The third-order valence-corrected chi connectivity index (χ3v) is 5.41. The Morgan fingerprint density at radius 3 is 2.61 bits per heavy atom. The maximum atomic E-state index is 13.0. The number of benzene rings is 2. The summed E-state index contributed by atoms with van der Waals surface area (Å²) in [7, 11) is 0. The van der Waals surface area contributed by atoms with Crippen LogP contribution >= 0.6 is 11.3 Å². The van der Waals surface area contributed by atoms with Gasteiger partial charge < -0.3 is 14.4 Å². The van der Waals surface area contributed by atoms with Crippen LogP contribution in [0.4, 0.5) is 10.1 Å². The van der Waals surface area contributed by atoms with E-state index in [-0.39, 0.29) is 31.8 Å². The van der Waals surface area contributed by atoms with Gasteiger partial charge in [0.25, 0.3) is 5.91 Å². The highest BCUT2D eigenvalue weighted by Crippen LogP contribution is 2.18. The summed E-state index contributed by atoms with van der Waals surface area (Å²) in [6.45, 7) is 1.89. The molecule has 0 aliphatic carbocycles. The summed E-state index contributed by atoms with van der Waals surface area (Å²) in [5, 5.41) is 11.3. The van der Waals surface area contributed by atoms with Crippen LogP contribution in [-0.4, -0.2) is 29.5 Å². The molecule has 0 bridgehead atoms. The van der Waals surface area contributed by atoms with Gasteiger partial charge in [-0.15, -0.1) is 11.3 Å². The first-order valence-electron chi connectivity index (χ1n) is 10.2. The van der Waals surface area contributed by atoms with E-state index in [4.69, 9.17) is 14.7 Å². The van der Waals surface area contributed by atoms with Gasteiger partial charge in [-0.05, 0) is 43.3 Å². The number of carbonyl (C=O) groups excluding carboxylic acids is 2. The maximum Gasteiger partial charge on any atom is 0.312 e. The quantitative estimate of drug-likeness (QED) is 0.413. The lowest BCUT2D eigenvalue weighted by atomic mass is 10.2. The summed E-state index contributed by atoms with van der Waals surface area (Å²) in [5.74, 6) is -0.821. The van der Waals surface area contributed by atoms with Crippen molar-refractivity contribution in [1.82, 2.24) is 4.98 Å². The Kier molecular flexibility index (Phi) is 8.49. The van der Waals surface area contributed by atoms with Gasteiger partial charge in [0, 0.05) is 17.6 Å². The van der Waals surface area contributed by atoms with Gasteiger partial charge in [0.05, 0.1) is 24.6 Å². The van der Waals surface area contributed by atoms with Gasteiger partial charge in [0.15, 0.2) is 6.10 Å². The molecule has 3 aromatic rings. The Hall–Kier alpha value is -3.77. The molecule has 7 nitrogen and oxygen atoms in total. The van der Waals surface area contributed by atoms with Crippen LogP contribution in [0.3, 0.4) is 0 Å². The Morgan fingerprint density at radius 2 is 1.91 bits per heavy atom. The summed E-state index contributed by atoms with van der Waals surface area (Å²) in [6.07, 6.45) is -0.951. The van der Waals surface area contributed by atoms with Gasteiger partial charge in [-0.1, -0.05) is 18.2 Å². The second kappa shape index (κ2) is 11.7. The van der Waals surface area contributed by atoms with Crippen molar-refractivity contribution in [2.75, 3.05) is 11.4 Å². The van der Waals surface area contributed by atoms with Crippen molar-refractivity contribution in [3.05, 3.63) is 76.5 Å². The van der Waals surface area contributed by atoms with Crippen molar-refractivity contribution >= 4 is 28.9 Å². The zero-order chi connectivity index (χ0) is 23.6. The molecule has 0 aliphatic heterocycles. The smallest absolute Gasteiger partial charge is 0.312 e. The summed E-state index contributed by atoms with van der Waals surface area (Å²) < 4.78 is 23.8. The molecule has 0 spiro atoms. The summed E-state index contributed by atoms with van der Waals surface area (Å²) in [5.41, 5.74) is 1.14. The monoisotopic (exact) mass is 467 g/mol. The second-order valence-electron chi connectivity index (χ2n) is 7.02. The SMILES string of the molecule is CC(OC(=O)Cc1csc(COc2ccc(F)cc2)n1)C(=O)N(CCC#N)c1ccccc1. The molecule has 0 N–H and O–H groups in total. The van der Waals surface area contributed by atoms with Crippen LogP contribution in [0.1, 0.15) is 24.0 Å². The number of ether oxygens (including phenoxy) is 2. The number of para-hydroxylation sites is 1. The zero-order valence-electron chi connectivity index (χ0n) is 17.9. The molecule has 0 fully saturated rings. The number of nitriles is 1. The number of thiazole rings is 1. The number of aromatic nitrogens is 1. The zero-order valence-corrected chi connectivity index (χ0v) is 18.8. The van der Waals surface area contributed by atoms with Crippen LogP contribution in [-0.2, 0) is 27.4 Å². The Labute approximate surface area is 195 Å². The highest BCUT2D eigenvalue weighted by molar-refractivity contribution is 7.09. The maximum absolute atomic E-state index is 13.0. The van der Waals surface area contributed by atoms with Crippen LogP contribution in [0.5, 0.6) is 5.75 Å². The molecule has 1 heterocycles. The van der Waals surface area contributed by atoms with E-state index < -0.39 is 18.0 Å². The highest BCUT2D eigenvalue weighted by Gasteiger charge is 2.25. The van der Waals surface area contributed by atoms with E-state index in [0.29, 0.717) is 22.1 Å². The molecule has 170 valence electrons. The Bertz CT molecular complexity index is 1110. The molecule has 1 unspecified atom stereocenters. The minimum atomic E-state index is -1.02. The molecular formula is C24H22FN3O4S. The molecule has 2 aromatic carbocycles. The molecule has 1 atom stereocenters. The van der Waals surface area contributed by atoms with Crippen LogP contribution < -0.4 is 9.64 Å². The van der Waals surface area contributed by atoms with Crippen LogP contribution in [0, 0.1) is 17.1 Å². The normalized spacial score (nSPS) is 11.3. The number of nitrogens with zero attached hydrogens (tertiary/aromatic N) is 3. The van der Waals surface area contributed by atoms with Crippen molar-refractivity contribution in [3.8, 4) is 11.8 Å². The number of anilines is 1. The lowest BCUT2D eigenvalue weighted by molar-refractivity contribution is -0.153. The lowest BCUT2D eigenvalue weighted by Crippen LogP contribution is -2.40. The van der Waals surface area contributed by atoms with E-state index in [1.54, 1.807) is 29.6 Å². The van der Waals surface area contributed by atoms with Gasteiger partial charge in [0.1, 0.15) is 23.2 Å². The Balaban J connectivity index is 1.53. The number of carbonyl (C=O) groups is 2. The molecule has 1 amide bonds. The predicted octanol–water partition coefficient (Wildman–Crippen LogP) is 4.28. The molecule has 1 aromatic heterocycles. The van der Waals surface area contributed by atoms with Crippen molar-refractivity contribution in [1.29, 1.82) is 5.26 Å². The van der Waals surface area contributed by atoms with E-state index in [2.05, 4.69) is 4.98 Å². The molecule has 9 heteroatoms. The minimum absolute atomic E-state index is 0.0891. The number of esters is 1. The fourth-order valence-electron chi connectivity index (χ4n) is 2.97. The topological polar surface area (TPSA) is 92.5 Å². The average molecular weight is 468 g/mol. The first-order chi connectivity index (χ1) is 16.0. The Morgan fingerprint density at radius 1 is 1.18 bits per heavy atom. The first-order valence-corrected chi connectivity index (χ1v) is 11.1. The van der Waals surface area contributed by atoms with Crippen molar-refractivity contribution in [2.24, 2.45) is 0 Å². The van der Waals surface area contributed by atoms with Gasteiger partial charge in [0.2, 0.25) is 0 Å². The molecule has 3 rings (SSSR count). The van der Waals surface area contributed by atoms with E-state index >= 15 is 0 Å². The van der Waals surface area contributed by atoms with Crippen LogP contribution in [0.25, 0.3) is 0 Å². The molecular weight excluding hydrogens is 445 g/mol. The van der Waals surface area contributed by atoms with E-state index in [9.17, 15) is 14.0 Å². The molecule has 33 heavy (non-hydrogen) atoms. The van der Waals surface area contributed by atoms with Crippen molar-refractivity contribution in [3.63, 3.8) is 0 Å². The number of hydrogen-bond donors (Lipinski definition) is 0. The van der Waals surface area contributed by atoms with Gasteiger partial charge >= 0.3 is 5.97 Å². The first kappa shape index (κ1) is 23.9. The lowest BCUT2D eigenvalue weighted by Gasteiger charge is -2.25. The highest BCUT2D eigenvalue weighted by atomic mass is 32.1.